The van der Waals surface area contributed by atoms with E-state index in [0.717, 1.165) is 11.1 Å². The lowest BCUT2D eigenvalue weighted by Gasteiger charge is -2.11. The van der Waals surface area contributed by atoms with E-state index < -0.39 is 0 Å². The zero-order valence-electron chi connectivity index (χ0n) is 16.0. The summed E-state index contributed by atoms with van der Waals surface area (Å²) >= 11 is 12.1. The molecule has 0 aliphatic carbocycles. The maximum Gasteiger partial charge on any atom is 0.173 e. The fourth-order valence-corrected chi connectivity index (χ4v) is 3.35. The number of aromatic hydroxyl groups is 1. The van der Waals surface area contributed by atoms with Gasteiger partial charge in [0.25, 0.3) is 0 Å². The van der Waals surface area contributed by atoms with E-state index in [0.29, 0.717) is 38.6 Å². The van der Waals surface area contributed by atoms with E-state index in [2.05, 4.69) is 10.2 Å². The average Bonchev–Trinajstić information content (AvgIpc) is 3.17. The number of aromatic amines is 1. The van der Waals surface area contributed by atoms with Crippen LogP contribution in [0.2, 0.25) is 10.0 Å². The van der Waals surface area contributed by atoms with Crippen LogP contribution in [0.4, 0.5) is 0 Å². The topological polar surface area (TPSA) is 67.4 Å². The Kier molecular flexibility index (Phi) is 5.84. The monoisotopic (exact) mass is 440 g/mol. The third-order valence-electron chi connectivity index (χ3n) is 4.50. The van der Waals surface area contributed by atoms with Gasteiger partial charge < -0.3 is 14.6 Å². The molecular formula is C23H18Cl2N2O3. The first kappa shape index (κ1) is 20.1. The molecule has 0 saturated heterocycles. The Bertz CT molecular complexity index is 1170. The van der Waals surface area contributed by atoms with Crippen LogP contribution in [0, 0.1) is 6.92 Å². The highest BCUT2D eigenvalue weighted by atomic mass is 35.5. The number of aromatic nitrogens is 2. The molecule has 0 unspecified atom stereocenters. The van der Waals surface area contributed by atoms with Crippen LogP contribution in [0.5, 0.6) is 23.0 Å². The van der Waals surface area contributed by atoms with Gasteiger partial charge in [-0.2, -0.15) is 5.10 Å². The lowest BCUT2D eigenvalue weighted by Crippen LogP contribution is -1.96. The molecule has 2 N–H and O–H groups in total. The number of rotatable bonds is 6. The van der Waals surface area contributed by atoms with Crippen molar-refractivity contribution in [3.8, 4) is 34.3 Å². The number of benzene rings is 3. The Balaban J connectivity index is 1.51. The number of phenolic OH excluding ortho intramolecular Hbond substituents is 1. The molecule has 0 spiro atoms. The molecule has 1 heterocycles. The Morgan fingerprint density at radius 3 is 2.47 bits per heavy atom. The van der Waals surface area contributed by atoms with Crippen molar-refractivity contribution in [1.29, 1.82) is 0 Å². The van der Waals surface area contributed by atoms with Gasteiger partial charge in [-0.05, 0) is 43.3 Å². The minimum atomic E-state index is 0.0349. The SMILES string of the molecule is Cc1ccc(Oc2cn[nH]c2-c2ccc(OCc3ccc(Cl)cc3Cl)cc2O)cc1. The summed E-state index contributed by atoms with van der Waals surface area (Å²) in [5.41, 5.74) is 3.06. The average molecular weight is 441 g/mol. The van der Waals surface area contributed by atoms with Crippen LogP contribution in [0.3, 0.4) is 0 Å². The first-order valence-corrected chi connectivity index (χ1v) is 9.93. The van der Waals surface area contributed by atoms with Crippen LogP contribution >= 0.6 is 23.2 Å². The maximum absolute atomic E-state index is 10.6. The van der Waals surface area contributed by atoms with E-state index in [9.17, 15) is 5.11 Å². The summed E-state index contributed by atoms with van der Waals surface area (Å²) in [7, 11) is 0. The molecule has 30 heavy (non-hydrogen) atoms. The second-order valence-electron chi connectivity index (χ2n) is 6.73. The molecule has 0 amide bonds. The van der Waals surface area contributed by atoms with Crippen molar-refractivity contribution < 1.29 is 14.6 Å². The van der Waals surface area contributed by atoms with E-state index >= 15 is 0 Å². The van der Waals surface area contributed by atoms with E-state index in [1.165, 1.54) is 6.07 Å². The van der Waals surface area contributed by atoms with Gasteiger partial charge in [0, 0.05) is 27.2 Å². The van der Waals surface area contributed by atoms with Crippen molar-refractivity contribution in [2.24, 2.45) is 0 Å². The molecule has 0 radical (unpaired) electrons. The summed E-state index contributed by atoms with van der Waals surface area (Å²) in [6.07, 6.45) is 1.57. The number of nitrogens with one attached hydrogen (secondary N) is 1. The Hall–Kier alpha value is -3.15. The highest BCUT2D eigenvalue weighted by molar-refractivity contribution is 6.35. The van der Waals surface area contributed by atoms with Crippen molar-refractivity contribution in [3.05, 3.63) is 88.0 Å². The first-order chi connectivity index (χ1) is 14.5. The maximum atomic E-state index is 10.6. The van der Waals surface area contributed by atoms with E-state index in [1.54, 1.807) is 36.5 Å². The van der Waals surface area contributed by atoms with Crippen LogP contribution in [-0.2, 0) is 6.61 Å². The highest BCUT2D eigenvalue weighted by Crippen LogP contribution is 2.38. The van der Waals surface area contributed by atoms with Gasteiger partial charge in [0.2, 0.25) is 0 Å². The van der Waals surface area contributed by atoms with Crippen molar-refractivity contribution in [3.63, 3.8) is 0 Å². The van der Waals surface area contributed by atoms with Crippen molar-refractivity contribution >= 4 is 23.2 Å². The Morgan fingerprint density at radius 1 is 0.967 bits per heavy atom. The summed E-state index contributed by atoms with van der Waals surface area (Å²) in [6.45, 7) is 2.26. The summed E-state index contributed by atoms with van der Waals surface area (Å²) in [6, 6.07) is 17.9. The van der Waals surface area contributed by atoms with Gasteiger partial charge in [-0.25, -0.2) is 0 Å². The normalized spacial score (nSPS) is 10.8. The van der Waals surface area contributed by atoms with Crippen molar-refractivity contribution in [2.75, 3.05) is 0 Å². The first-order valence-electron chi connectivity index (χ1n) is 9.17. The number of aryl methyl sites for hydroxylation is 1. The van der Waals surface area contributed by atoms with Crippen LogP contribution in [-0.4, -0.2) is 15.3 Å². The number of hydrogen-bond donors (Lipinski definition) is 2. The molecular weight excluding hydrogens is 423 g/mol. The highest BCUT2D eigenvalue weighted by Gasteiger charge is 2.15. The molecule has 0 bridgehead atoms. The summed E-state index contributed by atoms with van der Waals surface area (Å²) < 4.78 is 11.7. The van der Waals surface area contributed by atoms with Crippen LogP contribution in [0.1, 0.15) is 11.1 Å². The predicted octanol–water partition coefficient (Wildman–Crippen LogP) is 6.77. The van der Waals surface area contributed by atoms with Gasteiger partial charge in [-0.1, -0.05) is 47.0 Å². The van der Waals surface area contributed by atoms with Crippen LogP contribution < -0.4 is 9.47 Å². The number of hydrogen-bond acceptors (Lipinski definition) is 4. The lowest BCUT2D eigenvalue weighted by atomic mass is 10.1. The number of H-pyrrole nitrogens is 1. The second-order valence-corrected chi connectivity index (χ2v) is 7.57. The van der Waals surface area contributed by atoms with Gasteiger partial charge in [0.1, 0.15) is 29.5 Å². The van der Waals surface area contributed by atoms with Gasteiger partial charge in [-0.15, -0.1) is 0 Å². The van der Waals surface area contributed by atoms with Gasteiger partial charge in [0.05, 0.1) is 6.20 Å². The second kappa shape index (κ2) is 8.69. The van der Waals surface area contributed by atoms with Gasteiger partial charge >= 0.3 is 0 Å². The molecule has 5 nitrogen and oxygen atoms in total. The molecule has 3 aromatic carbocycles. The molecule has 4 aromatic rings. The fraction of sp³-hybridized carbons (Fsp3) is 0.0870. The van der Waals surface area contributed by atoms with Crippen LogP contribution in [0.15, 0.2) is 66.9 Å². The minimum Gasteiger partial charge on any atom is -0.507 e. The zero-order valence-corrected chi connectivity index (χ0v) is 17.5. The van der Waals surface area contributed by atoms with Crippen molar-refractivity contribution in [1.82, 2.24) is 10.2 Å². The largest absolute Gasteiger partial charge is 0.507 e. The van der Waals surface area contributed by atoms with Gasteiger partial charge in [-0.3, -0.25) is 5.10 Å². The number of ether oxygens (including phenoxy) is 2. The number of nitrogens with zero attached hydrogens (tertiary/aromatic N) is 1. The molecule has 4 rings (SSSR count). The molecule has 0 atom stereocenters. The zero-order chi connectivity index (χ0) is 21.1. The quantitative estimate of drug-likeness (QED) is 0.347. The summed E-state index contributed by atoms with van der Waals surface area (Å²) in [5, 5.41) is 18.6. The van der Waals surface area contributed by atoms with E-state index in [4.69, 9.17) is 32.7 Å². The van der Waals surface area contributed by atoms with E-state index in [1.807, 2.05) is 31.2 Å². The molecule has 0 saturated carbocycles. The Morgan fingerprint density at radius 2 is 1.73 bits per heavy atom. The molecule has 7 heteroatoms. The third kappa shape index (κ3) is 4.53. The van der Waals surface area contributed by atoms with E-state index in [-0.39, 0.29) is 12.4 Å². The Labute approximate surface area is 183 Å². The number of phenols is 1. The molecule has 1 aromatic heterocycles. The van der Waals surface area contributed by atoms with Crippen LogP contribution in [0.25, 0.3) is 11.3 Å². The summed E-state index contributed by atoms with van der Waals surface area (Å²) in [5.74, 6) is 1.73. The molecule has 0 aliphatic heterocycles. The molecule has 0 aliphatic rings. The molecule has 0 fully saturated rings. The van der Waals surface area contributed by atoms with Gasteiger partial charge in [0.15, 0.2) is 5.75 Å². The lowest BCUT2D eigenvalue weighted by molar-refractivity contribution is 0.304. The summed E-state index contributed by atoms with van der Waals surface area (Å²) in [4.78, 5) is 0. The smallest absolute Gasteiger partial charge is 0.173 e. The van der Waals surface area contributed by atoms with Crippen molar-refractivity contribution in [2.45, 2.75) is 13.5 Å². The third-order valence-corrected chi connectivity index (χ3v) is 5.09. The fourth-order valence-electron chi connectivity index (χ4n) is 2.89. The predicted molar refractivity (Wildman–Crippen MR) is 118 cm³/mol. The number of halogens is 2. The molecule has 152 valence electrons. The standard InChI is InChI=1S/C23H18Cl2N2O3/c1-14-2-6-17(7-3-14)30-22-12-26-27-23(22)19-9-8-18(11-21(19)28)29-13-15-4-5-16(24)10-20(15)25/h2-12,28H,13H2,1H3,(H,26,27). The minimum absolute atomic E-state index is 0.0349.